The molecule has 2 aromatic carbocycles. The number of anilines is 1. The maximum absolute atomic E-state index is 12.4. The Morgan fingerprint density at radius 2 is 1.50 bits per heavy atom. The molecule has 0 radical (unpaired) electrons. The van der Waals surface area contributed by atoms with Crippen LogP contribution < -0.4 is 10.2 Å². The zero-order chi connectivity index (χ0) is 20.2. The van der Waals surface area contributed by atoms with Gasteiger partial charge < -0.3 is 9.31 Å². The van der Waals surface area contributed by atoms with E-state index in [1.807, 2.05) is 70.2 Å². The second kappa shape index (κ2) is 6.61. The van der Waals surface area contributed by atoms with E-state index in [-0.39, 0.29) is 16.5 Å². The molecule has 148 valence electrons. The summed E-state index contributed by atoms with van der Waals surface area (Å²) < 4.78 is 39.7. The van der Waals surface area contributed by atoms with Crippen LogP contribution >= 0.6 is 0 Å². The SMILES string of the molecule is CC1(C)OB(c2ccc(-c3ccccc3NS(=O)(=O)C3CC3)cc2)OC1(C)C. The van der Waals surface area contributed by atoms with Crippen molar-refractivity contribution in [2.24, 2.45) is 0 Å². The van der Waals surface area contributed by atoms with Crippen LogP contribution in [-0.4, -0.2) is 32.0 Å². The molecule has 4 rings (SSSR count). The third kappa shape index (κ3) is 3.59. The molecule has 1 aliphatic carbocycles. The van der Waals surface area contributed by atoms with Gasteiger partial charge in [-0.3, -0.25) is 4.72 Å². The van der Waals surface area contributed by atoms with Gasteiger partial charge in [0.05, 0.1) is 22.1 Å². The summed E-state index contributed by atoms with van der Waals surface area (Å²) >= 11 is 0. The summed E-state index contributed by atoms with van der Waals surface area (Å²) in [6.45, 7) is 8.13. The normalized spacial score (nSPS) is 20.9. The molecule has 2 aromatic rings. The monoisotopic (exact) mass is 399 g/mol. The molecule has 1 heterocycles. The fourth-order valence-corrected chi connectivity index (χ4v) is 4.65. The van der Waals surface area contributed by atoms with Gasteiger partial charge >= 0.3 is 7.12 Å². The second-order valence-electron chi connectivity index (χ2n) is 8.60. The van der Waals surface area contributed by atoms with Crippen molar-refractivity contribution in [1.82, 2.24) is 0 Å². The third-order valence-electron chi connectivity index (χ3n) is 5.89. The van der Waals surface area contributed by atoms with Gasteiger partial charge in [-0.2, -0.15) is 0 Å². The summed E-state index contributed by atoms with van der Waals surface area (Å²) in [5, 5.41) is -0.258. The third-order valence-corrected chi connectivity index (χ3v) is 7.74. The Kier molecular flexibility index (Phi) is 4.60. The average molecular weight is 399 g/mol. The Balaban J connectivity index is 1.59. The Labute approximate surface area is 167 Å². The molecule has 0 atom stereocenters. The second-order valence-corrected chi connectivity index (χ2v) is 10.6. The molecular formula is C21H26BNO4S. The predicted octanol–water partition coefficient (Wildman–Crippen LogP) is 3.56. The van der Waals surface area contributed by atoms with E-state index in [1.165, 1.54) is 0 Å². The van der Waals surface area contributed by atoms with E-state index in [1.54, 1.807) is 6.07 Å². The summed E-state index contributed by atoms with van der Waals surface area (Å²) in [5.41, 5.74) is 2.58. The van der Waals surface area contributed by atoms with Crippen LogP contribution in [0, 0.1) is 0 Å². The van der Waals surface area contributed by atoms with Crippen molar-refractivity contribution in [1.29, 1.82) is 0 Å². The fraction of sp³-hybridized carbons (Fsp3) is 0.429. The van der Waals surface area contributed by atoms with Gasteiger partial charge in [-0.05, 0) is 57.6 Å². The molecule has 1 aliphatic heterocycles. The van der Waals surface area contributed by atoms with Crippen molar-refractivity contribution in [3.63, 3.8) is 0 Å². The van der Waals surface area contributed by atoms with E-state index in [9.17, 15) is 8.42 Å². The molecule has 2 fully saturated rings. The number of hydrogen-bond acceptors (Lipinski definition) is 4. The Morgan fingerprint density at radius 1 is 0.929 bits per heavy atom. The van der Waals surface area contributed by atoms with Crippen molar-refractivity contribution < 1.29 is 17.7 Å². The number of nitrogens with one attached hydrogen (secondary N) is 1. The van der Waals surface area contributed by atoms with Crippen LogP contribution in [-0.2, 0) is 19.3 Å². The topological polar surface area (TPSA) is 64.6 Å². The number of benzene rings is 2. The van der Waals surface area contributed by atoms with Crippen LogP contribution in [0.25, 0.3) is 11.1 Å². The summed E-state index contributed by atoms with van der Waals surface area (Å²) in [4.78, 5) is 0. The van der Waals surface area contributed by atoms with Crippen molar-refractivity contribution in [2.75, 3.05) is 4.72 Å². The standard InChI is InChI=1S/C21H26BNO4S/c1-20(2)21(3,4)27-22(26-20)16-11-9-15(10-12-16)18-7-5-6-8-19(18)23-28(24,25)17-13-14-17/h5-12,17,23H,13-14H2,1-4H3. The fourth-order valence-electron chi connectivity index (χ4n) is 3.24. The van der Waals surface area contributed by atoms with E-state index in [4.69, 9.17) is 9.31 Å². The molecule has 0 spiro atoms. The first kappa shape index (κ1) is 19.5. The lowest BCUT2D eigenvalue weighted by atomic mass is 9.78. The zero-order valence-corrected chi connectivity index (χ0v) is 17.5. The highest BCUT2D eigenvalue weighted by Crippen LogP contribution is 2.37. The van der Waals surface area contributed by atoms with Crippen LogP contribution in [0.3, 0.4) is 0 Å². The quantitative estimate of drug-likeness (QED) is 0.781. The average Bonchev–Trinajstić information content (AvgIpc) is 3.44. The predicted molar refractivity (Wildman–Crippen MR) is 113 cm³/mol. The van der Waals surface area contributed by atoms with Gasteiger partial charge in [-0.1, -0.05) is 42.5 Å². The van der Waals surface area contributed by atoms with Gasteiger partial charge in [0, 0.05) is 5.56 Å². The van der Waals surface area contributed by atoms with E-state index in [0.29, 0.717) is 5.69 Å². The van der Waals surface area contributed by atoms with Crippen LogP contribution in [0.15, 0.2) is 48.5 Å². The molecular weight excluding hydrogens is 373 g/mol. The van der Waals surface area contributed by atoms with E-state index < -0.39 is 17.1 Å². The van der Waals surface area contributed by atoms with Crippen LogP contribution in [0.1, 0.15) is 40.5 Å². The highest BCUT2D eigenvalue weighted by atomic mass is 32.2. The lowest BCUT2D eigenvalue weighted by Crippen LogP contribution is -2.41. The maximum atomic E-state index is 12.4. The molecule has 0 unspecified atom stereocenters. The molecule has 1 saturated heterocycles. The molecule has 5 nitrogen and oxygen atoms in total. The van der Waals surface area contributed by atoms with Gasteiger partial charge in [0.25, 0.3) is 0 Å². The van der Waals surface area contributed by atoms with Crippen LogP contribution in [0.5, 0.6) is 0 Å². The lowest BCUT2D eigenvalue weighted by molar-refractivity contribution is 0.00578. The summed E-state index contributed by atoms with van der Waals surface area (Å²) in [6.07, 6.45) is 1.47. The number of hydrogen-bond donors (Lipinski definition) is 1. The Morgan fingerprint density at radius 3 is 2.07 bits per heavy atom. The number of sulfonamides is 1. The Bertz CT molecular complexity index is 966. The van der Waals surface area contributed by atoms with Crippen molar-refractivity contribution in [3.05, 3.63) is 48.5 Å². The molecule has 1 N–H and O–H groups in total. The minimum Gasteiger partial charge on any atom is -0.399 e. The van der Waals surface area contributed by atoms with Crippen molar-refractivity contribution in [3.8, 4) is 11.1 Å². The smallest absolute Gasteiger partial charge is 0.399 e. The van der Waals surface area contributed by atoms with Gasteiger partial charge in [-0.25, -0.2) is 8.42 Å². The lowest BCUT2D eigenvalue weighted by Gasteiger charge is -2.32. The van der Waals surface area contributed by atoms with Crippen molar-refractivity contribution >= 4 is 28.3 Å². The van der Waals surface area contributed by atoms with E-state index in [2.05, 4.69) is 4.72 Å². The van der Waals surface area contributed by atoms with Gasteiger partial charge in [0.2, 0.25) is 10.0 Å². The van der Waals surface area contributed by atoms with Crippen LogP contribution in [0.2, 0.25) is 0 Å². The Hall–Kier alpha value is -1.83. The van der Waals surface area contributed by atoms with Gasteiger partial charge in [-0.15, -0.1) is 0 Å². The zero-order valence-electron chi connectivity index (χ0n) is 16.7. The van der Waals surface area contributed by atoms with Gasteiger partial charge in [0.15, 0.2) is 0 Å². The first-order chi connectivity index (χ1) is 13.1. The molecule has 28 heavy (non-hydrogen) atoms. The molecule has 2 aliphatic rings. The summed E-state index contributed by atoms with van der Waals surface area (Å²) in [5.74, 6) is 0. The van der Waals surface area contributed by atoms with Crippen molar-refractivity contribution in [2.45, 2.75) is 57.0 Å². The van der Waals surface area contributed by atoms with Gasteiger partial charge in [0.1, 0.15) is 0 Å². The summed E-state index contributed by atoms with van der Waals surface area (Å²) in [7, 11) is -3.72. The maximum Gasteiger partial charge on any atom is 0.494 e. The number of para-hydroxylation sites is 1. The highest BCUT2D eigenvalue weighted by Gasteiger charge is 2.51. The molecule has 1 saturated carbocycles. The minimum atomic E-state index is -3.31. The van der Waals surface area contributed by atoms with Crippen LogP contribution in [0.4, 0.5) is 5.69 Å². The largest absolute Gasteiger partial charge is 0.494 e. The molecule has 7 heteroatoms. The molecule has 0 aromatic heterocycles. The first-order valence-corrected chi connectivity index (χ1v) is 11.2. The minimum absolute atomic E-state index is 0.258. The molecule has 0 bridgehead atoms. The number of rotatable bonds is 5. The molecule has 0 amide bonds. The first-order valence-electron chi connectivity index (χ1n) is 9.66. The van der Waals surface area contributed by atoms with E-state index in [0.717, 1.165) is 29.4 Å². The van der Waals surface area contributed by atoms with E-state index >= 15 is 0 Å². The summed E-state index contributed by atoms with van der Waals surface area (Å²) in [6, 6.07) is 15.4. The highest BCUT2D eigenvalue weighted by molar-refractivity contribution is 7.93.